The van der Waals surface area contributed by atoms with Crippen LogP contribution in [0.15, 0.2) is 6.20 Å². The van der Waals surface area contributed by atoms with Crippen LogP contribution in [0.2, 0.25) is 5.28 Å². The Bertz CT molecular complexity index is 555. The molecule has 1 saturated heterocycles. The average molecular weight is 312 g/mol. The van der Waals surface area contributed by atoms with Crippen LogP contribution in [-0.4, -0.2) is 48.1 Å². The highest BCUT2D eigenvalue weighted by molar-refractivity contribution is 8.01. The van der Waals surface area contributed by atoms with Crippen LogP contribution < -0.4 is 4.90 Å². The highest BCUT2D eigenvalue weighted by Crippen LogP contribution is 2.27. The number of aromatic nitrogens is 2. The van der Waals surface area contributed by atoms with Crippen molar-refractivity contribution in [3.05, 3.63) is 17.3 Å². The van der Waals surface area contributed by atoms with Crippen molar-refractivity contribution >= 4 is 39.0 Å². The van der Waals surface area contributed by atoms with Crippen molar-refractivity contribution in [2.45, 2.75) is 5.37 Å². The van der Waals surface area contributed by atoms with Crippen LogP contribution in [0.4, 0.5) is 10.2 Å². The minimum Gasteiger partial charge on any atom is -0.336 e. The molecule has 0 bridgehead atoms. The third-order valence-electron chi connectivity index (χ3n) is 2.55. The van der Waals surface area contributed by atoms with E-state index in [1.54, 1.807) is 0 Å². The normalized spacial score (nSPS) is 21.1. The van der Waals surface area contributed by atoms with Crippen LogP contribution in [0.3, 0.4) is 0 Å². The zero-order valence-corrected chi connectivity index (χ0v) is 11.9. The molecule has 0 aliphatic carbocycles. The third-order valence-corrected chi connectivity index (χ3v) is 5.37. The molecule has 0 amide bonds. The van der Waals surface area contributed by atoms with E-state index in [9.17, 15) is 12.8 Å². The Morgan fingerprint density at radius 2 is 2.33 bits per heavy atom. The molecule has 1 aliphatic heterocycles. The second-order valence-electron chi connectivity index (χ2n) is 3.86. The lowest BCUT2D eigenvalue weighted by Crippen LogP contribution is -2.47. The van der Waals surface area contributed by atoms with Crippen LogP contribution in [-0.2, 0) is 9.84 Å². The Kier molecular flexibility index (Phi) is 3.98. The van der Waals surface area contributed by atoms with Crippen LogP contribution >= 0.6 is 23.4 Å². The number of anilines is 1. The molecule has 0 spiro atoms. The molecule has 2 rings (SSSR count). The van der Waals surface area contributed by atoms with Crippen LogP contribution in [0.5, 0.6) is 0 Å². The van der Waals surface area contributed by atoms with E-state index >= 15 is 0 Å². The maximum atomic E-state index is 13.7. The van der Waals surface area contributed by atoms with Crippen molar-refractivity contribution in [1.82, 2.24) is 9.97 Å². The van der Waals surface area contributed by atoms with Gasteiger partial charge in [-0.2, -0.15) is 16.7 Å². The van der Waals surface area contributed by atoms with Gasteiger partial charge in [0.2, 0.25) is 5.28 Å². The quantitative estimate of drug-likeness (QED) is 0.765. The molecule has 1 fully saturated rings. The molecule has 100 valence electrons. The zero-order valence-electron chi connectivity index (χ0n) is 9.51. The topological polar surface area (TPSA) is 63.2 Å². The molecule has 1 aliphatic rings. The van der Waals surface area contributed by atoms with E-state index in [2.05, 4.69) is 9.97 Å². The van der Waals surface area contributed by atoms with E-state index in [4.69, 9.17) is 11.6 Å². The summed E-state index contributed by atoms with van der Waals surface area (Å²) in [6.45, 7) is 0.409. The van der Waals surface area contributed by atoms with Crippen molar-refractivity contribution in [2.75, 3.05) is 29.2 Å². The number of thioether (sulfide) groups is 1. The van der Waals surface area contributed by atoms with Crippen molar-refractivity contribution in [3.63, 3.8) is 0 Å². The summed E-state index contributed by atoms with van der Waals surface area (Å²) in [6.07, 6.45) is 2.09. The molecule has 1 unspecified atom stereocenters. The predicted molar refractivity (Wildman–Crippen MR) is 70.3 cm³/mol. The van der Waals surface area contributed by atoms with Gasteiger partial charge in [-0.1, -0.05) is 0 Å². The molecule has 0 radical (unpaired) electrons. The summed E-state index contributed by atoms with van der Waals surface area (Å²) in [5, 5.41) is -0.881. The molecule has 9 heteroatoms. The second-order valence-corrected chi connectivity index (χ2v) is 7.55. The predicted octanol–water partition coefficient (Wildman–Crippen LogP) is 1.19. The van der Waals surface area contributed by atoms with Gasteiger partial charge in [-0.15, -0.1) is 0 Å². The molecule has 18 heavy (non-hydrogen) atoms. The second kappa shape index (κ2) is 5.18. The fourth-order valence-electron chi connectivity index (χ4n) is 1.72. The third kappa shape index (κ3) is 2.86. The fourth-order valence-corrected chi connectivity index (χ4v) is 4.66. The van der Waals surface area contributed by atoms with Gasteiger partial charge in [-0.25, -0.2) is 17.8 Å². The molecule has 1 aromatic rings. The maximum Gasteiger partial charge on any atom is 0.224 e. The molecular weight excluding hydrogens is 301 g/mol. The summed E-state index contributed by atoms with van der Waals surface area (Å²) >= 11 is 7.15. The van der Waals surface area contributed by atoms with Crippen LogP contribution in [0, 0.1) is 5.82 Å². The van der Waals surface area contributed by atoms with Gasteiger partial charge in [0.25, 0.3) is 0 Å². The summed E-state index contributed by atoms with van der Waals surface area (Å²) in [5.41, 5.74) is 0. The lowest BCUT2D eigenvalue weighted by molar-refractivity contribution is 0.573. The summed E-state index contributed by atoms with van der Waals surface area (Å²) in [7, 11) is -3.32. The Balaban J connectivity index is 2.43. The molecule has 0 aromatic carbocycles. The Labute approximate surface area is 114 Å². The van der Waals surface area contributed by atoms with Crippen molar-refractivity contribution in [2.24, 2.45) is 0 Å². The van der Waals surface area contributed by atoms with E-state index in [1.165, 1.54) is 16.7 Å². The lowest BCUT2D eigenvalue weighted by atomic mass is 10.4. The summed E-state index contributed by atoms with van der Waals surface area (Å²) in [6, 6.07) is 0. The van der Waals surface area contributed by atoms with Gasteiger partial charge in [-0.3, -0.25) is 0 Å². The van der Waals surface area contributed by atoms with E-state index in [0.717, 1.165) is 12.5 Å². The molecule has 0 saturated carbocycles. The van der Waals surface area contributed by atoms with Gasteiger partial charge < -0.3 is 4.90 Å². The minimum atomic E-state index is -3.32. The zero-order chi connectivity index (χ0) is 13.3. The molecule has 5 nitrogen and oxygen atoms in total. The number of hydrogen-bond donors (Lipinski definition) is 0. The fraction of sp³-hybridized carbons (Fsp3) is 0.556. The lowest BCUT2D eigenvalue weighted by Gasteiger charge is -2.34. The average Bonchev–Trinajstić information content (AvgIpc) is 2.31. The molecule has 1 atom stereocenters. The number of sulfone groups is 1. The van der Waals surface area contributed by atoms with Crippen molar-refractivity contribution < 1.29 is 12.8 Å². The Hall–Kier alpha value is -0.600. The minimum absolute atomic E-state index is 0.0503. The number of rotatable bonds is 2. The first-order chi connectivity index (χ1) is 8.39. The van der Waals surface area contributed by atoms with Crippen molar-refractivity contribution in [1.29, 1.82) is 0 Å². The SMILES string of the molecule is CS(=O)(=O)C1CSCCN1c1nc(Cl)ncc1F. The standard InChI is InChI=1S/C9H11ClFN3O2S2/c1-18(15,16)7-5-17-3-2-14(7)8-6(11)4-12-9(10)13-8/h4,7H,2-3,5H2,1H3. The van der Waals surface area contributed by atoms with E-state index in [1.807, 2.05) is 0 Å². The van der Waals surface area contributed by atoms with Gasteiger partial charge in [-0.05, 0) is 11.6 Å². The molecular formula is C9H11ClFN3O2S2. The van der Waals surface area contributed by atoms with E-state index in [0.29, 0.717) is 18.1 Å². The van der Waals surface area contributed by atoms with E-state index < -0.39 is 21.0 Å². The highest BCUT2D eigenvalue weighted by atomic mass is 35.5. The van der Waals surface area contributed by atoms with Crippen LogP contribution in [0.25, 0.3) is 0 Å². The Morgan fingerprint density at radius 1 is 1.61 bits per heavy atom. The monoisotopic (exact) mass is 311 g/mol. The van der Waals surface area contributed by atoms with Gasteiger partial charge in [0, 0.05) is 24.3 Å². The van der Waals surface area contributed by atoms with Gasteiger partial charge in [0.05, 0.1) is 6.20 Å². The Morgan fingerprint density at radius 3 is 3.00 bits per heavy atom. The van der Waals surface area contributed by atoms with Crippen molar-refractivity contribution in [3.8, 4) is 0 Å². The molecule has 1 aromatic heterocycles. The maximum absolute atomic E-state index is 13.7. The van der Waals surface area contributed by atoms with Gasteiger partial charge in [0.1, 0.15) is 5.37 Å². The summed E-state index contributed by atoms with van der Waals surface area (Å²) < 4.78 is 37.1. The first-order valence-corrected chi connectivity index (χ1v) is 8.59. The smallest absolute Gasteiger partial charge is 0.224 e. The first-order valence-electron chi connectivity index (χ1n) is 5.11. The molecule has 0 N–H and O–H groups in total. The highest BCUT2D eigenvalue weighted by Gasteiger charge is 2.33. The molecule has 2 heterocycles. The van der Waals surface area contributed by atoms with Crippen LogP contribution in [0.1, 0.15) is 0 Å². The van der Waals surface area contributed by atoms with Gasteiger partial charge >= 0.3 is 0 Å². The summed E-state index contributed by atoms with van der Waals surface area (Å²) in [4.78, 5) is 8.75. The largest absolute Gasteiger partial charge is 0.336 e. The van der Waals surface area contributed by atoms with Gasteiger partial charge in [0.15, 0.2) is 21.5 Å². The number of nitrogens with zero attached hydrogens (tertiary/aromatic N) is 3. The van der Waals surface area contributed by atoms with E-state index in [-0.39, 0.29) is 11.1 Å². The number of hydrogen-bond acceptors (Lipinski definition) is 6. The summed E-state index contributed by atoms with van der Waals surface area (Å²) in [5.74, 6) is 0.387. The first kappa shape index (κ1) is 13.8. The number of halogens is 2.